The lowest BCUT2D eigenvalue weighted by molar-refractivity contribution is -0.118. The second kappa shape index (κ2) is 3.35. The van der Waals surface area contributed by atoms with Gasteiger partial charge in [0.25, 0.3) is 0 Å². The molecule has 1 aliphatic carbocycles. The Morgan fingerprint density at radius 3 is 2.36 bits per heavy atom. The number of Topliss-reactive ketones (excluding diaryl/α,β-unsaturated/α-hetero) is 1. The Labute approximate surface area is 68.4 Å². The number of rotatable bonds is 3. The van der Waals surface area contributed by atoms with Crippen LogP contribution in [0.15, 0.2) is 0 Å². The van der Waals surface area contributed by atoms with Crippen molar-refractivity contribution in [3.63, 3.8) is 0 Å². The number of hydrogen-bond donors (Lipinski definition) is 1. The topological polar surface area (TPSA) is 29.1 Å². The van der Waals surface area contributed by atoms with Crippen LogP contribution in [0.2, 0.25) is 0 Å². The molecule has 2 nitrogen and oxygen atoms in total. The Bertz CT molecular complexity index is 148. The van der Waals surface area contributed by atoms with Crippen molar-refractivity contribution in [2.75, 3.05) is 7.05 Å². The van der Waals surface area contributed by atoms with Crippen molar-refractivity contribution < 1.29 is 4.79 Å². The Morgan fingerprint density at radius 1 is 1.45 bits per heavy atom. The van der Waals surface area contributed by atoms with E-state index < -0.39 is 0 Å². The van der Waals surface area contributed by atoms with Crippen molar-refractivity contribution in [1.82, 2.24) is 5.32 Å². The molecule has 1 rings (SSSR count). The Hall–Kier alpha value is -0.370. The third kappa shape index (κ3) is 2.03. The zero-order valence-corrected chi connectivity index (χ0v) is 7.44. The quantitative estimate of drug-likeness (QED) is 0.669. The monoisotopic (exact) mass is 155 g/mol. The zero-order valence-electron chi connectivity index (χ0n) is 7.44. The number of carbonyl (C=O) groups excluding carboxylic acids is 1. The van der Waals surface area contributed by atoms with Crippen molar-refractivity contribution in [2.45, 2.75) is 44.6 Å². The molecule has 0 radical (unpaired) electrons. The summed E-state index contributed by atoms with van der Waals surface area (Å²) in [6, 6.07) is 0. The van der Waals surface area contributed by atoms with Gasteiger partial charge < -0.3 is 5.32 Å². The summed E-state index contributed by atoms with van der Waals surface area (Å²) < 4.78 is 0. The summed E-state index contributed by atoms with van der Waals surface area (Å²) in [4.78, 5) is 10.9. The molecule has 0 atom stereocenters. The maximum absolute atomic E-state index is 10.9. The maximum atomic E-state index is 10.9. The van der Waals surface area contributed by atoms with E-state index in [1.54, 1.807) is 6.92 Å². The third-order valence-corrected chi connectivity index (χ3v) is 2.68. The van der Waals surface area contributed by atoms with Gasteiger partial charge in [0.1, 0.15) is 5.78 Å². The van der Waals surface area contributed by atoms with E-state index in [2.05, 4.69) is 5.32 Å². The fourth-order valence-electron chi connectivity index (χ4n) is 2.04. The predicted molar refractivity (Wildman–Crippen MR) is 45.6 cm³/mol. The molecule has 0 saturated heterocycles. The van der Waals surface area contributed by atoms with Crippen LogP contribution in [0.5, 0.6) is 0 Å². The van der Waals surface area contributed by atoms with E-state index >= 15 is 0 Å². The van der Waals surface area contributed by atoms with Gasteiger partial charge in [0, 0.05) is 12.0 Å². The first-order valence-corrected chi connectivity index (χ1v) is 4.37. The lowest BCUT2D eigenvalue weighted by Crippen LogP contribution is -2.41. The molecule has 2 heteroatoms. The minimum Gasteiger partial charge on any atom is -0.314 e. The Morgan fingerprint density at radius 2 is 2.00 bits per heavy atom. The lowest BCUT2D eigenvalue weighted by Gasteiger charge is -2.27. The van der Waals surface area contributed by atoms with E-state index in [9.17, 15) is 4.79 Å². The van der Waals surface area contributed by atoms with Gasteiger partial charge in [0.2, 0.25) is 0 Å². The molecule has 1 saturated carbocycles. The summed E-state index contributed by atoms with van der Waals surface area (Å²) >= 11 is 0. The van der Waals surface area contributed by atoms with Crippen LogP contribution in [-0.4, -0.2) is 18.4 Å². The van der Waals surface area contributed by atoms with Gasteiger partial charge >= 0.3 is 0 Å². The minimum atomic E-state index is 0.159. The molecule has 0 heterocycles. The van der Waals surface area contributed by atoms with E-state index in [0.717, 1.165) is 0 Å². The fourth-order valence-corrected chi connectivity index (χ4v) is 2.04. The Balaban J connectivity index is 2.52. The minimum absolute atomic E-state index is 0.159. The summed E-state index contributed by atoms with van der Waals surface area (Å²) in [6.45, 7) is 1.68. The highest BCUT2D eigenvalue weighted by atomic mass is 16.1. The second-order valence-corrected chi connectivity index (χ2v) is 3.62. The number of hydrogen-bond acceptors (Lipinski definition) is 2. The first-order valence-electron chi connectivity index (χ1n) is 4.37. The molecule has 0 aromatic rings. The van der Waals surface area contributed by atoms with E-state index in [0.29, 0.717) is 12.2 Å². The number of ketones is 1. The van der Waals surface area contributed by atoms with Crippen molar-refractivity contribution in [1.29, 1.82) is 0 Å². The van der Waals surface area contributed by atoms with Gasteiger partial charge in [-0.1, -0.05) is 12.8 Å². The van der Waals surface area contributed by atoms with E-state index in [1.165, 1.54) is 25.7 Å². The molecule has 1 aliphatic rings. The molecule has 1 N–H and O–H groups in total. The average Bonchev–Trinajstić information content (AvgIpc) is 2.36. The molecule has 0 aliphatic heterocycles. The molecule has 0 aromatic carbocycles. The van der Waals surface area contributed by atoms with Crippen LogP contribution in [0.4, 0.5) is 0 Å². The molecular formula is C9H17NO. The van der Waals surface area contributed by atoms with Gasteiger partial charge in [-0.15, -0.1) is 0 Å². The molecule has 11 heavy (non-hydrogen) atoms. The van der Waals surface area contributed by atoms with Crippen LogP contribution in [0, 0.1) is 0 Å². The summed E-state index contributed by atoms with van der Waals surface area (Å²) in [5.41, 5.74) is 0.159. The highest BCUT2D eigenvalue weighted by molar-refractivity contribution is 5.76. The first-order chi connectivity index (χ1) is 5.18. The van der Waals surface area contributed by atoms with Crippen LogP contribution >= 0.6 is 0 Å². The Kier molecular flexibility index (Phi) is 2.66. The maximum Gasteiger partial charge on any atom is 0.131 e. The van der Waals surface area contributed by atoms with E-state index in [4.69, 9.17) is 0 Å². The van der Waals surface area contributed by atoms with Crippen molar-refractivity contribution in [3.05, 3.63) is 0 Å². The van der Waals surface area contributed by atoms with E-state index in [1.807, 2.05) is 7.05 Å². The largest absolute Gasteiger partial charge is 0.314 e. The molecule has 0 spiro atoms. The van der Waals surface area contributed by atoms with Gasteiger partial charge in [-0.25, -0.2) is 0 Å². The summed E-state index contributed by atoms with van der Waals surface area (Å²) in [7, 11) is 1.97. The van der Waals surface area contributed by atoms with E-state index in [-0.39, 0.29) is 5.54 Å². The van der Waals surface area contributed by atoms with Crippen molar-refractivity contribution in [2.24, 2.45) is 0 Å². The van der Waals surface area contributed by atoms with Crippen LogP contribution < -0.4 is 5.32 Å². The molecule has 0 bridgehead atoms. The molecule has 0 aromatic heterocycles. The van der Waals surface area contributed by atoms with Crippen molar-refractivity contribution in [3.8, 4) is 0 Å². The average molecular weight is 155 g/mol. The summed E-state index contributed by atoms with van der Waals surface area (Å²) in [5.74, 6) is 0.307. The van der Waals surface area contributed by atoms with Crippen LogP contribution in [0.3, 0.4) is 0 Å². The van der Waals surface area contributed by atoms with Crippen LogP contribution in [0.25, 0.3) is 0 Å². The predicted octanol–water partition coefficient (Wildman–Crippen LogP) is 1.50. The molecule has 0 amide bonds. The van der Waals surface area contributed by atoms with Crippen LogP contribution in [0.1, 0.15) is 39.0 Å². The number of nitrogens with one attached hydrogen (secondary N) is 1. The molecule has 64 valence electrons. The molecule has 0 unspecified atom stereocenters. The number of carbonyl (C=O) groups is 1. The fraction of sp³-hybridized carbons (Fsp3) is 0.889. The highest BCUT2D eigenvalue weighted by Crippen LogP contribution is 2.32. The molecule has 1 fully saturated rings. The van der Waals surface area contributed by atoms with Gasteiger partial charge in [0.05, 0.1) is 0 Å². The zero-order chi connectivity index (χ0) is 8.32. The van der Waals surface area contributed by atoms with Gasteiger partial charge in [-0.2, -0.15) is 0 Å². The van der Waals surface area contributed by atoms with Gasteiger partial charge in [-0.3, -0.25) is 4.79 Å². The standard InChI is InChI=1S/C9H17NO/c1-8(11)7-9(10-2)5-3-4-6-9/h10H,3-7H2,1-2H3. The normalized spacial score (nSPS) is 22.0. The smallest absolute Gasteiger partial charge is 0.131 e. The molecular weight excluding hydrogens is 138 g/mol. The lowest BCUT2D eigenvalue weighted by atomic mass is 9.92. The first kappa shape index (κ1) is 8.72. The van der Waals surface area contributed by atoms with Crippen molar-refractivity contribution >= 4 is 5.78 Å². The van der Waals surface area contributed by atoms with Gasteiger partial charge in [-0.05, 0) is 26.8 Å². The van der Waals surface area contributed by atoms with Gasteiger partial charge in [0.15, 0.2) is 0 Å². The van der Waals surface area contributed by atoms with Crippen LogP contribution in [-0.2, 0) is 4.79 Å². The summed E-state index contributed by atoms with van der Waals surface area (Å²) in [6.07, 6.45) is 5.60. The highest BCUT2D eigenvalue weighted by Gasteiger charge is 2.32. The summed E-state index contributed by atoms with van der Waals surface area (Å²) in [5, 5.41) is 3.29. The second-order valence-electron chi connectivity index (χ2n) is 3.62. The third-order valence-electron chi connectivity index (χ3n) is 2.68. The SMILES string of the molecule is CNC1(CC(C)=O)CCCC1.